The first-order chi connectivity index (χ1) is 9.56. The quantitative estimate of drug-likeness (QED) is 0.657. The second kappa shape index (κ2) is 5.59. The first-order valence-electron chi connectivity index (χ1n) is 5.49. The number of aromatic carboxylic acids is 1. The van der Waals surface area contributed by atoms with Gasteiger partial charge in [-0.3, -0.25) is 4.79 Å². The Morgan fingerprint density at radius 3 is 2.85 bits per heavy atom. The van der Waals surface area contributed by atoms with Crippen LogP contribution in [0.3, 0.4) is 0 Å². The first kappa shape index (κ1) is 13.8. The Balaban J connectivity index is 2.71. The van der Waals surface area contributed by atoms with Crippen LogP contribution in [0.1, 0.15) is 15.9 Å². The number of rotatable bonds is 3. The number of thioether (sulfide) groups is 1. The van der Waals surface area contributed by atoms with Crippen molar-refractivity contribution in [3.05, 3.63) is 45.7 Å². The molecule has 2 aromatic rings. The Labute approximate surface area is 118 Å². The molecule has 0 bridgehead atoms. The number of carbonyl (C=O) groups is 1. The van der Waals surface area contributed by atoms with Crippen LogP contribution < -0.4 is 5.56 Å². The fraction of sp³-hybridized carbons (Fsp3) is 0.0769. The largest absolute Gasteiger partial charge is 0.478 e. The number of aromatic amines is 1. The maximum atomic E-state index is 11.8. The summed E-state index contributed by atoms with van der Waals surface area (Å²) in [5, 5.41) is 18.4. The molecule has 0 saturated carbocycles. The Bertz CT molecular complexity index is 777. The van der Waals surface area contributed by atoms with Crippen LogP contribution in [0.4, 0.5) is 0 Å². The lowest BCUT2D eigenvalue weighted by Gasteiger charge is -2.05. The van der Waals surface area contributed by atoms with E-state index < -0.39 is 11.5 Å². The minimum absolute atomic E-state index is 0.0687. The molecule has 0 saturated heterocycles. The van der Waals surface area contributed by atoms with E-state index in [-0.39, 0.29) is 16.8 Å². The topological polar surface area (TPSA) is 107 Å². The van der Waals surface area contributed by atoms with E-state index >= 15 is 0 Å². The van der Waals surface area contributed by atoms with Crippen molar-refractivity contribution in [3.63, 3.8) is 0 Å². The third-order valence-corrected chi connectivity index (χ3v) is 3.17. The summed E-state index contributed by atoms with van der Waals surface area (Å²) in [5.74, 6) is -1.08. The summed E-state index contributed by atoms with van der Waals surface area (Å²) >= 11 is 1.23. The molecular weight excluding hydrogens is 278 g/mol. The predicted octanol–water partition coefficient (Wildman–Crippen LogP) is 1.73. The van der Waals surface area contributed by atoms with Gasteiger partial charge in [0, 0.05) is 5.56 Å². The number of H-pyrrole nitrogens is 1. The summed E-state index contributed by atoms with van der Waals surface area (Å²) < 4.78 is 0. The number of carboxylic acids is 1. The van der Waals surface area contributed by atoms with Crippen molar-refractivity contribution in [2.24, 2.45) is 0 Å². The highest BCUT2D eigenvalue weighted by molar-refractivity contribution is 7.98. The van der Waals surface area contributed by atoms with Crippen molar-refractivity contribution >= 4 is 17.7 Å². The number of nitrogens with zero attached hydrogens (tertiary/aromatic N) is 2. The lowest BCUT2D eigenvalue weighted by molar-refractivity contribution is 0.0697. The molecule has 0 spiro atoms. The van der Waals surface area contributed by atoms with Gasteiger partial charge >= 0.3 is 5.97 Å². The number of hydrogen-bond donors (Lipinski definition) is 2. The predicted molar refractivity (Wildman–Crippen MR) is 73.7 cm³/mol. The van der Waals surface area contributed by atoms with E-state index in [9.17, 15) is 9.59 Å². The number of carboxylic acid groups (broad SMARTS) is 1. The van der Waals surface area contributed by atoms with Crippen molar-refractivity contribution in [2.75, 3.05) is 6.26 Å². The van der Waals surface area contributed by atoms with E-state index in [1.807, 2.05) is 0 Å². The van der Waals surface area contributed by atoms with E-state index in [1.54, 1.807) is 24.5 Å². The third kappa shape index (κ3) is 2.55. The fourth-order valence-electron chi connectivity index (χ4n) is 1.66. The minimum Gasteiger partial charge on any atom is -0.478 e. The van der Waals surface area contributed by atoms with Crippen LogP contribution in [0.2, 0.25) is 0 Å². The SMILES string of the molecule is CSc1nc(-c2cccc(C(=O)O)c2)c(C#N)c(=O)[nH]1. The molecule has 2 N–H and O–H groups in total. The molecule has 0 aliphatic heterocycles. The monoisotopic (exact) mass is 287 g/mol. The number of benzene rings is 1. The molecule has 1 aromatic heterocycles. The van der Waals surface area contributed by atoms with Gasteiger partial charge in [0.15, 0.2) is 5.16 Å². The Kier molecular flexibility index (Phi) is 3.86. The van der Waals surface area contributed by atoms with E-state index in [0.29, 0.717) is 10.7 Å². The zero-order chi connectivity index (χ0) is 14.7. The van der Waals surface area contributed by atoms with Crippen LogP contribution in [0.25, 0.3) is 11.3 Å². The van der Waals surface area contributed by atoms with Gasteiger partial charge in [-0.1, -0.05) is 23.9 Å². The summed E-state index contributed by atoms with van der Waals surface area (Å²) in [6, 6.07) is 7.77. The molecule has 1 aromatic carbocycles. The summed E-state index contributed by atoms with van der Waals surface area (Å²) in [6.45, 7) is 0. The number of hydrogen-bond acceptors (Lipinski definition) is 5. The molecule has 2 rings (SSSR count). The van der Waals surface area contributed by atoms with Crippen LogP contribution in [0.5, 0.6) is 0 Å². The van der Waals surface area contributed by atoms with E-state index in [2.05, 4.69) is 9.97 Å². The highest BCUT2D eigenvalue weighted by Gasteiger charge is 2.14. The second-order valence-electron chi connectivity index (χ2n) is 3.80. The molecule has 1 heterocycles. The van der Waals surface area contributed by atoms with E-state index in [1.165, 1.54) is 23.9 Å². The van der Waals surface area contributed by atoms with Gasteiger partial charge in [-0.25, -0.2) is 9.78 Å². The average Bonchev–Trinajstić information content (AvgIpc) is 2.46. The summed E-state index contributed by atoms with van der Waals surface area (Å²) in [7, 11) is 0. The highest BCUT2D eigenvalue weighted by atomic mass is 32.2. The molecule has 0 fully saturated rings. The smallest absolute Gasteiger partial charge is 0.335 e. The molecule has 20 heavy (non-hydrogen) atoms. The van der Waals surface area contributed by atoms with Gasteiger partial charge < -0.3 is 10.1 Å². The Morgan fingerprint density at radius 2 is 2.25 bits per heavy atom. The second-order valence-corrected chi connectivity index (χ2v) is 4.59. The van der Waals surface area contributed by atoms with Crippen LogP contribution in [-0.4, -0.2) is 27.3 Å². The molecule has 100 valence electrons. The summed E-state index contributed by atoms with van der Waals surface area (Å²) in [5.41, 5.74) is -0.00126. The fourth-order valence-corrected chi connectivity index (χ4v) is 2.04. The minimum atomic E-state index is -1.08. The van der Waals surface area contributed by atoms with Crippen molar-refractivity contribution in [1.29, 1.82) is 5.26 Å². The van der Waals surface area contributed by atoms with Crippen molar-refractivity contribution in [1.82, 2.24) is 9.97 Å². The molecule has 0 aliphatic carbocycles. The standard InChI is InChI=1S/C13H9N3O3S/c1-20-13-15-10(9(6-14)11(17)16-13)7-3-2-4-8(5-7)12(18)19/h2-5H,1H3,(H,18,19)(H,15,16,17). The van der Waals surface area contributed by atoms with E-state index in [4.69, 9.17) is 10.4 Å². The molecule has 0 atom stereocenters. The van der Waals surface area contributed by atoms with Crippen molar-refractivity contribution < 1.29 is 9.90 Å². The maximum Gasteiger partial charge on any atom is 0.335 e. The van der Waals surface area contributed by atoms with Gasteiger partial charge in [0.1, 0.15) is 11.6 Å². The molecule has 0 radical (unpaired) electrons. The highest BCUT2D eigenvalue weighted by Crippen LogP contribution is 2.22. The maximum absolute atomic E-state index is 11.8. The number of nitrogens with one attached hydrogen (secondary N) is 1. The average molecular weight is 287 g/mol. The lowest BCUT2D eigenvalue weighted by atomic mass is 10.0. The van der Waals surface area contributed by atoms with E-state index in [0.717, 1.165) is 0 Å². The van der Waals surface area contributed by atoms with Gasteiger partial charge in [-0.05, 0) is 18.4 Å². The van der Waals surface area contributed by atoms with Crippen molar-refractivity contribution in [3.8, 4) is 17.3 Å². The number of nitriles is 1. The first-order valence-corrected chi connectivity index (χ1v) is 6.71. The zero-order valence-corrected chi connectivity index (χ0v) is 11.2. The molecular formula is C13H9N3O3S. The molecule has 6 nitrogen and oxygen atoms in total. The van der Waals surface area contributed by atoms with Crippen LogP contribution in [0.15, 0.2) is 34.2 Å². The van der Waals surface area contributed by atoms with Gasteiger partial charge in [-0.2, -0.15) is 5.26 Å². The lowest BCUT2D eigenvalue weighted by Crippen LogP contribution is -2.14. The zero-order valence-electron chi connectivity index (χ0n) is 10.4. The number of aromatic nitrogens is 2. The van der Waals surface area contributed by atoms with Gasteiger partial charge in [0.25, 0.3) is 5.56 Å². The normalized spacial score (nSPS) is 10.0. The summed E-state index contributed by atoms with van der Waals surface area (Å²) in [4.78, 5) is 29.4. The Morgan fingerprint density at radius 1 is 1.50 bits per heavy atom. The van der Waals surface area contributed by atoms with Gasteiger partial charge in [0.2, 0.25) is 0 Å². The summed E-state index contributed by atoms with van der Waals surface area (Å²) in [6.07, 6.45) is 1.74. The molecule has 0 aliphatic rings. The molecule has 0 amide bonds. The van der Waals surface area contributed by atoms with Crippen LogP contribution >= 0.6 is 11.8 Å². The van der Waals surface area contributed by atoms with Crippen LogP contribution in [-0.2, 0) is 0 Å². The molecule has 0 unspecified atom stereocenters. The van der Waals surface area contributed by atoms with Gasteiger partial charge in [0.05, 0.1) is 11.3 Å². The van der Waals surface area contributed by atoms with Crippen LogP contribution in [0, 0.1) is 11.3 Å². The Hall–Kier alpha value is -2.59. The third-order valence-electron chi connectivity index (χ3n) is 2.59. The molecule has 7 heteroatoms. The van der Waals surface area contributed by atoms with Gasteiger partial charge in [-0.15, -0.1) is 0 Å². The van der Waals surface area contributed by atoms with Crippen molar-refractivity contribution in [2.45, 2.75) is 5.16 Å².